The van der Waals surface area contributed by atoms with Gasteiger partial charge in [0.25, 0.3) is 5.91 Å². The van der Waals surface area contributed by atoms with Crippen molar-refractivity contribution in [1.82, 2.24) is 9.88 Å². The van der Waals surface area contributed by atoms with Gasteiger partial charge < -0.3 is 14.7 Å². The molecule has 6 heteroatoms. The average molecular weight is 299 g/mol. The normalized spacial score (nSPS) is 20.0. The molecule has 1 saturated heterocycles. The van der Waals surface area contributed by atoms with Gasteiger partial charge in [-0.1, -0.05) is 11.6 Å². The summed E-state index contributed by atoms with van der Waals surface area (Å²) in [7, 11) is 0. The topological polar surface area (TPSA) is 62.7 Å². The standard InChI is InChI=1S/C14H19ClN2O3/c1-3-20-13-12(15)6-11(7-16-13)14(19)17-5-4-10(8-17)9(2)18/h6-7,9-10,18H,3-5,8H2,1-2H3. The van der Waals surface area contributed by atoms with Gasteiger partial charge in [0.2, 0.25) is 5.88 Å². The molecule has 0 radical (unpaired) electrons. The minimum Gasteiger partial charge on any atom is -0.477 e. The second-order valence-corrected chi connectivity index (χ2v) is 5.39. The summed E-state index contributed by atoms with van der Waals surface area (Å²) < 4.78 is 5.24. The van der Waals surface area contributed by atoms with E-state index in [0.717, 1.165) is 6.42 Å². The van der Waals surface area contributed by atoms with Crippen LogP contribution in [-0.2, 0) is 0 Å². The molecule has 0 aromatic carbocycles. The zero-order valence-electron chi connectivity index (χ0n) is 11.7. The molecule has 0 bridgehead atoms. The Bertz CT molecular complexity index is 493. The van der Waals surface area contributed by atoms with Crippen molar-refractivity contribution in [2.75, 3.05) is 19.7 Å². The van der Waals surface area contributed by atoms with Crippen LogP contribution in [-0.4, -0.2) is 46.7 Å². The summed E-state index contributed by atoms with van der Waals surface area (Å²) in [6, 6.07) is 1.58. The molecular formula is C14H19ClN2O3. The van der Waals surface area contributed by atoms with Crippen molar-refractivity contribution in [2.45, 2.75) is 26.4 Å². The van der Waals surface area contributed by atoms with Crippen molar-refractivity contribution >= 4 is 17.5 Å². The van der Waals surface area contributed by atoms with E-state index in [9.17, 15) is 9.90 Å². The van der Waals surface area contributed by atoms with Crippen LogP contribution in [0.1, 0.15) is 30.6 Å². The third-order valence-corrected chi connectivity index (χ3v) is 3.80. The Morgan fingerprint density at radius 2 is 2.45 bits per heavy atom. The first kappa shape index (κ1) is 15.1. The molecule has 2 atom stereocenters. The van der Waals surface area contributed by atoms with E-state index in [1.807, 2.05) is 6.92 Å². The number of carbonyl (C=O) groups excluding carboxylic acids is 1. The van der Waals surface area contributed by atoms with Crippen molar-refractivity contribution in [1.29, 1.82) is 0 Å². The highest BCUT2D eigenvalue weighted by Gasteiger charge is 2.29. The summed E-state index contributed by atoms with van der Waals surface area (Å²) in [6.07, 6.45) is 1.91. The number of amides is 1. The number of aromatic nitrogens is 1. The molecule has 1 aromatic rings. The fourth-order valence-corrected chi connectivity index (χ4v) is 2.55. The number of hydrogen-bond acceptors (Lipinski definition) is 4. The third kappa shape index (κ3) is 3.22. The van der Waals surface area contributed by atoms with Crippen molar-refractivity contribution < 1.29 is 14.6 Å². The molecule has 1 aliphatic rings. The van der Waals surface area contributed by atoms with Gasteiger partial charge in [-0.2, -0.15) is 0 Å². The molecule has 2 rings (SSSR count). The van der Waals surface area contributed by atoms with Gasteiger partial charge in [-0.05, 0) is 26.3 Å². The summed E-state index contributed by atoms with van der Waals surface area (Å²) in [5.41, 5.74) is 0.449. The predicted molar refractivity (Wildman–Crippen MR) is 76.1 cm³/mol. The third-order valence-electron chi connectivity index (χ3n) is 3.53. The van der Waals surface area contributed by atoms with Crippen molar-refractivity contribution in [2.24, 2.45) is 5.92 Å². The van der Waals surface area contributed by atoms with Crippen LogP contribution in [0.4, 0.5) is 0 Å². The summed E-state index contributed by atoms with van der Waals surface area (Å²) in [6.45, 7) is 5.30. The zero-order chi connectivity index (χ0) is 14.7. The Kier molecular flexibility index (Phi) is 4.83. The van der Waals surface area contributed by atoms with E-state index in [0.29, 0.717) is 36.2 Å². The molecule has 5 nitrogen and oxygen atoms in total. The quantitative estimate of drug-likeness (QED) is 0.923. The van der Waals surface area contributed by atoms with Crippen molar-refractivity contribution in [3.63, 3.8) is 0 Å². The summed E-state index contributed by atoms with van der Waals surface area (Å²) >= 11 is 6.04. The fourth-order valence-electron chi connectivity index (χ4n) is 2.33. The van der Waals surface area contributed by atoms with E-state index in [1.54, 1.807) is 17.9 Å². The maximum atomic E-state index is 12.3. The number of aliphatic hydroxyl groups is 1. The number of halogens is 1. The van der Waals surface area contributed by atoms with Crippen LogP contribution in [0.15, 0.2) is 12.3 Å². The van der Waals surface area contributed by atoms with E-state index in [1.165, 1.54) is 6.20 Å². The molecule has 110 valence electrons. The van der Waals surface area contributed by atoms with E-state index in [-0.39, 0.29) is 11.8 Å². The first-order valence-electron chi connectivity index (χ1n) is 6.78. The first-order chi connectivity index (χ1) is 9.52. The Morgan fingerprint density at radius 1 is 1.70 bits per heavy atom. The van der Waals surface area contributed by atoms with Gasteiger partial charge >= 0.3 is 0 Å². The van der Waals surface area contributed by atoms with Crippen LogP contribution in [0.25, 0.3) is 0 Å². The maximum Gasteiger partial charge on any atom is 0.255 e. The number of pyridine rings is 1. The zero-order valence-corrected chi connectivity index (χ0v) is 12.4. The smallest absolute Gasteiger partial charge is 0.255 e. The fraction of sp³-hybridized carbons (Fsp3) is 0.571. The van der Waals surface area contributed by atoms with Gasteiger partial charge in [0.1, 0.15) is 5.02 Å². The highest BCUT2D eigenvalue weighted by molar-refractivity contribution is 6.32. The Labute approximate surface area is 123 Å². The second-order valence-electron chi connectivity index (χ2n) is 4.98. The molecule has 1 fully saturated rings. The number of aliphatic hydroxyl groups excluding tert-OH is 1. The van der Waals surface area contributed by atoms with Gasteiger partial charge in [-0.3, -0.25) is 4.79 Å². The predicted octanol–water partition coefficient (Wildman–Crippen LogP) is 1.98. The van der Waals surface area contributed by atoms with Gasteiger partial charge in [-0.25, -0.2) is 4.98 Å². The molecule has 2 unspecified atom stereocenters. The number of nitrogens with zero attached hydrogens (tertiary/aromatic N) is 2. The van der Waals surface area contributed by atoms with Gasteiger partial charge in [0.15, 0.2) is 0 Å². The second kappa shape index (κ2) is 6.41. The van der Waals surface area contributed by atoms with Crippen LogP contribution >= 0.6 is 11.6 Å². The monoisotopic (exact) mass is 298 g/mol. The largest absolute Gasteiger partial charge is 0.477 e. The lowest BCUT2D eigenvalue weighted by Crippen LogP contribution is -2.30. The number of ether oxygens (including phenoxy) is 1. The number of hydrogen-bond donors (Lipinski definition) is 1. The number of likely N-dealkylation sites (tertiary alicyclic amines) is 1. The molecule has 2 heterocycles. The number of carbonyl (C=O) groups is 1. The Morgan fingerprint density at radius 3 is 3.00 bits per heavy atom. The molecule has 20 heavy (non-hydrogen) atoms. The lowest BCUT2D eigenvalue weighted by Gasteiger charge is -2.18. The van der Waals surface area contributed by atoms with Crippen LogP contribution in [0.2, 0.25) is 5.02 Å². The lowest BCUT2D eigenvalue weighted by molar-refractivity contribution is 0.0762. The highest BCUT2D eigenvalue weighted by Crippen LogP contribution is 2.25. The average Bonchev–Trinajstić information content (AvgIpc) is 2.90. The molecule has 1 amide bonds. The lowest BCUT2D eigenvalue weighted by atomic mass is 10.0. The van der Waals surface area contributed by atoms with Gasteiger partial charge in [-0.15, -0.1) is 0 Å². The van der Waals surface area contributed by atoms with Gasteiger partial charge in [0, 0.05) is 25.2 Å². The SMILES string of the molecule is CCOc1ncc(C(=O)N2CCC(C(C)O)C2)cc1Cl. The molecule has 1 aromatic heterocycles. The molecule has 0 aliphatic carbocycles. The number of rotatable bonds is 4. The Hall–Kier alpha value is -1.33. The van der Waals surface area contributed by atoms with Crippen LogP contribution < -0.4 is 4.74 Å². The van der Waals surface area contributed by atoms with Crippen molar-refractivity contribution in [3.8, 4) is 5.88 Å². The summed E-state index contributed by atoms with van der Waals surface area (Å²) in [5.74, 6) is 0.379. The molecule has 0 saturated carbocycles. The highest BCUT2D eigenvalue weighted by atomic mass is 35.5. The minimum atomic E-state index is -0.394. The van der Waals surface area contributed by atoms with E-state index >= 15 is 0 Å². The maximum absolute atomic E-state index is 12.3. The van der Waals surface area contributed by atoms with Crippen molar-refractivity contribution in [3.05, 3.63) is 22.8 Å². The minimum absolute atomic E-state index is 0.106. The van der Waals surface area contributed by atoms with Crippen LogP contribution in [0.3, 0.4) is 0 Å². The van der Waals surface area contributed by atoms with Gasteiger partial charge in [0.05, 0.1) is 18.3 Å². The molecule has 0 spiro atoms. The van der Waals surface area contributed by atoms with Crippen LogP contribution in [0, 0.1) is 5.92 Å². The van der Waals surface area contributed by atoms with E-state index in [4.69, 9.17) is 16.3 Å². The van der Waals surface area contributed by atoms with E-state index in [2.05, 4.69) is 4.98 Å². The summed E-state index contributed by atoms with van der Waals surface area (Å²) in [5, 5.41) is 9.91. The Balaban J connectivity index is 2.08. The molecular weight excluding hydrogens is 280 g/mol. The molecule has 1 aliphatic heterocycles. The van der Waals surface area contributed by atoms with Crippen LogP contribution in [0.5, 0.6) is 5.88 Å². The first-order valence-corrected chi connectivity index (χ1v) is 7.16. The van der Waals surface area contributed by atoms with E-state index < -0.39 is 6.10 Å². The molecule has 1 N–H and O–H groups in total. The summed E-state index contributed by atoms with van der Waals surface area (Å²) in [4.78, 5) is 18.1.